The maximum Gasteiger partial charge on any atom is 0.254 e. The highest BCUT2D eigenvalue weighted by molar-refractivity contribution is 5.94. The van der Waals surface area contributed by atoms with Gasteiger partial charge >= 0.3 is 0 Å². The van der Waals surface area contributed by atoms with E-state index in [0.29, 0.717) is 12.5 Å². The number of carbonyl (C=O) groups is 1. The van der Waals surface area contributed by atoms with E-state index < -0.39 is 17.5 Å². The zero-order valence-corrected chi connectivity index (χ0v) is 9.39. The minimum absolute atomic E-state index is 0.247. The first kappa shape index (κ1) is 12.6. The van der Waals surface area contributed by atoms with Crippen molar-refractivity contribution in [3.63, 3.8) is 0 Å². The summed E-state index contributed by atoms with van der Waals surface area (Å²) in [7, 11) is 0. The summed E-state index contributed by atoms with van der Waals surface area (Å²) < 4.78 is 26.0. The van der Waals surface area contributed by atoms with Crippen molar-refractivity contribution in [2.75, 3.05) is 6.54 Å². The summed E-state index contributed by atoms with van der Waals surface area (Å²) in [6.45, 7) is 4.51. The number of rotatable bonds is 4. The molecule has 0 aromatic heterocycles. The lowest BCUT2D eigenvalue weighted by molar-refractivity contribution is 0.0947. The first-order chi connectivity index (χ1) is 7.52. The summed E-state index contributed by atoms with van der Waals surface area (Å²) in [5.41, 5.74) is -0.247. The molecular weight excluding hydrogens is 212 g/mol. The third-order valence-corrected chi connectivity index (χ3v) is 2.20. The standard InChI is InChI=1S/C12H15F2NO/c1-8(2)6-7-15-12(16)9-4-3-5-10(13)11(9)14/h3-5,8H,6-7H2,1-2H3,(H,15,16). The summed E-state index contributed by atoms with van der Waals surface area (Å²) in [5.74, 6) is -2.21. The monoisotopic (exact) mass is 227 g/mol. The molecule has 1 aromatic rings. The van der Waals surface area contributed by atoms with Gasteiger partial charge in [0.1, 0.15) is 0 Å². The van der Waals surface area contributed by atoms with Gasteiger partial charge in [0.15, 0.2) is 11.6 Å². The summed E-state index contributed by atoms with van der Waals surface area (Å²) >= 11 is 0. The lowest BCUT2D eigenvalue weighted by Gasteiger charge is -2.07. The van der Waals surface area contributed by atoms with E-state index in [4.69, 9.17) is 0 Å². The van der Waals surface area contributed by atoms with E-state index in [0.717, 1.165) is 12.5 Å². The Hall–Kier alpha value is -1.45. The van der Waals surface area contributed by atoms with Crippen molar-refractivity contribution >= 4 is 5.91 Å². The van der Waals surface area contributed by atoms with Crippen LogP contribution in [0.3, 0.4) is 0 Å². The van der Waals surface area contributed by atoms with E-state index in [2.05, 4.69) is 5.32 Å². The Balaban J connectivity index is 2.63. The number of hydrogen-bond acceptors (Lipinski definition) is 1. The maximum absolute atomic E-state index is 13.2. The molecule has 1 N–H and O–H groups in total. The van der Waals surface area contributed by atoms with Gasteiger partial charge in [-0.05, 0) is 24.5 Å². The van der Waals surface area contributed by atoms with Crippen LogP contribution in [0, 0.1) is 17.6 Å². The zero-order chi connectivity index (χ0) is 12.1. The SMILES string of the molecule is CC(C)CCNC(=O)c1cccc(F)c1F. The van der Waals surface area contributed by atoms with Gasteiger partial charge in [0, 0.05) is 6.54 Å². The Kier molecular flexibility index (Phi) is 4.40. The molecule has 0 heterocycles. The van der Waals surface area contributed by atoms with Crippen molar-refractivity contribution in [1.82, 2.24) is 5.32 Å². The molecule has 0 aliphatic heterocycles. The molecule has 2 nitrogen and oxygen atoms in total. The van der Waals surface area contributed by atoms with Crippen LogP contribution in [0.25, 0.3) is 0 Å². The molecule has 0 aliphatic rings. The Morgan fingerprint density at radius 3 is 2.69 bits per heavy atom. The van der Waals surface area contributed by atoms with Gasteiger partial charge in [-0.15, -0.1) is 0 Å². The minimum Gasteiger partial charge on any atom is -0.352 e. The molecule has 0 fully saturated rings. The van der Waals surface area contributed by atoms with E-state index in [9.17, 15) is 13.6 Å². The zero-order valence-electron chi connectivity index (χ0n) is 9.39. The van der Waals surface area contributed by atoms with Crippen LogP contribution in [0.1, 0.15) is 30.6 Å². The normalized spacial score (nSPS) is 10.6. The van der Waals surface area contributed by atoms with Crippen molar-refractivity contribution in [2.24, 2.45) is 5.92 Å². The second-order valence-corrected chi connectivity index (χ2v) is 4.04. The van der Waals surface area contributed by atoms with Crippen LogP contribution >= 0.6 is 0 Å². The highest BCUT2D eigenvalue weighted by Gasteiger charge is 2.14. The Labute approximate surface area is 93.7 Å². The number of nitrogens with one attached hydrogen (secondary N) is 1. The molecule has 88 valence electrons. The van der Waals surface area contributed by atoms with Gasteiger partial charge in [-0.1, -0.05) is 19.9 Å². The van der Waals surface area contributed by atoms with Crippen molar-refractivity contribution in [3.05, 3.63) is 35.4 Å². The molecule has 16 heavy (non-hydrogen) atoms. The first-order valence-corrected chi connectivity index (χ1v) is 5.24. The van der Waals surface area contributed by atoms with E-state index in [1.807, 2.05) is 13.8 Å². The number of benzene rings is 1. The van der Waals surface area contributed by atoms with Crippen LogP contribution in [-0.2, 0) is 0 Å². The molecule has 0 radical (unpaired) electrons. The smallest absolute Gasteiger partial charge is 0.254 e. The van der Waals surface area contributed by atoms with Crippen LogP contribution in [0.2, 0.25) is 0 Å². The van der Waals surface area contributed by atoms with E-state index in [1.165, 1.54) is 12.1 Å². The molecule has 0 bridgehead atoms. The molecule has 4 heteroatoms. The molecule has 0 unspecified atom stereocenters. The van der Waals surface area contributed by atoms with Gasteiger partial charge in [-0.2, -0.15) is 0 Å². The summed E-state index contributed by atoms with van der Waals surface area (Å²) in [4.78, 5) is 11.5. The van der Waals surface area contributed by atoms with Gasteiger partial charge < -0.3 is 5.32 Å². The predicted molar refractivity (Wildman–Crippen MR) is 58.1 cm³/mol. The average molecular weight is 227 g/mol. The minimum atomic E-state index is -1.09. The van der Waals surface area contributed by atoms with Crippen LogP contribution in [-0.4, -0.2) is 12.5 Å². The number of carbonyl (C=O) groups excluding carboxylic acids is 1. The van der Waals surface area contributed by atoms with Gasteiger partial charge in [0.05, 0.1) is 5.56 Å². The third-order valence-electron chi connectivity index (χ3n) is 2.20. The molecule has 1 rings (SSSR count). The summed E-state index contributed by atoms with van der Waals surface area (Å²) in [5, 5.41) is 2.55. The molecule has 0 saturated heterocycles. The van der Waals surface area contributed by atoms with E-state index >= 15 is 0 Å². The van der Waals surface area contributed by atoms with E-state index in [1.54, 1.807) is 0 Å². The average Bonchev–Trinajstić information content (AvgIpc) is 2.21. The largest absolute Gasteiger partial charge is 0.352 e. The fourth-order valence-electron chi connectivity index (χ4n) is 1.25. The highest BCUT2D eigenvalue weighted by atomic mass is 19.2. The Morgan fingerprint density at radius 1 is 1.38 bits per heavy atom. The van der Waals surface area contributed by atoms with Crippen molar-refractivity contribution in [1.29, 1.82) is 0 Å². The number of hydrogen-bond donors (Lipinski definition) is 1. The van der Waals surface area contributed by atoms with Crippen molar-refractivity contribution in [3.8, 4) is 0 Å². The van der Waals surface area contributed by atoms with Crippen LogP contribution in [0.5, 0.6) is 0 Å². The maximum atomic E-state index is 13.2. The van der Waals surface area contributed by atoms with Crippen LogP contribution < -0.4 is 5.32 Å². The molecule has 0 spiro atoms. The molecule has 1 amide bonds. The lowest BCUT2D eigenvalue weighted by atomic mass is 10.1. The highest BCUT2D eigenvalue weighted by Crippen LogP contribution is 2.11. The van der Waals surface area contributed by atoms with Crippen LogP contribution in [0.4, 0.5) is 8.78 Å². The molecule has 0 saturated carbocycles. The first-order valence-electron chi connectivity index (χ1n) is 5.24. The summed E-state index contributed by atoms with van der Waals surface area (Å²) in [6, 6.07) is 3.57. The molecule has 0 aliphatic carbocycles. The van der Waals surface area contributed by atoms with Crippen molar-refractivity contribution in [2.45, 2.75) is 20.3 Å². The summed E-state index contributed by atoms with van der Waals surface area (Å²) in [6.07, 6.45) is 0.808. The van der Waals surface area contributed by atoms with Crippen LogP contribution in [0.15, 0.2) is 18.2 Å². The van der Waals surface area contributed by atoms with E-state index in [-0.39, 0.29) is 5.56 Å². The van der Waals surface area contributed by atoms with Gasteiger partial charge in [-0.25, -0.2) is 8.78 Å². The Bertz CT molecular complexity index is 377. The predicted octanol–water partition coefficient (Wildman–Crippen LogP) is 2.74. The van der Waals surface area contributed by atoms with Crippen molar-refractivity contribution < 1.29 is 13.6 Å². The molecule has 1 aromatic carbocycles. The number of amides is 1. The lowest BCUT2D eigenvalue weighted by Crippen LogP contribution is -2.26. The second kappa shape index (κ2) is 5.58. The fraction of sp³-hybridized carbons (Fsp3) is 0.417. The van der Waals surface area contributed by atoms with Gasteiger partial charge in [-0.3, -0.25) is 4.79 Å². The Morgan fingerprint density at radius 2 is 2.06 bits per heavy atom. The topological polar surface area (TPSA) is 29.1 Å². The van der Waals surface area contributed by atoms with Gasteiger partial charge in [0.2, 0.25) is 0 Å². The quantitative estimate of drug-likeness (QED) is 0.841. The number of halogens is 2. The molecular formula is C12H15F2NO. The molecule has 0 atom stereocenters. The fourth-order valence-corrected chi connectivity index (χ4v) is 1.25. The van der Waals surface area contributed by atoms with Gasteiger partial charge in [0.25, 0.3) is 5.91 Å². The second-order valence-electron chi connectivity index (χ2n) is 4.04. The third kappa shape index (κ3) is 3.29.